The van der Waals surface area contributed by atoms with E-state index < -0.39 is 27.9 Å². The maximum Gasteiger partial charge on any atom is 0.416 e. The van der Waals surface area contributed by atoms with Crippen LogP contribution in [0.25, 0.3) is 0 Å². The highest BCUT2D eigenvalue weighted by molar-refractivity contribution is 7.89. The van der Waals surface area contributed by atoms with E-state index in [0.717, 1.165) is 17.7 Å². The standard InChI is InChI=1S/C21H25F3N2O4S/c1-16-4-2-6-19(12-16)30-15-18(27)14-25-8-10-26(11-9-25)31(28,29)20-7-3-5-17(13-20)21(22,23)24/h2-7,12-13,18,27H,8-11,14-15H2,1H3/t18-/m1/s1. The SMILES string of the molecule is Cc1cccc(OC[C@H](O)CN2CCN(S(=O)(=O)c3cccc(C(F)(F)F)c3)CC2)c1. The van der Waals surface area contributed by atoms with Gasteiger partial charge in [0.1, 0.15) is 18.5 Å². The normalized spacial score (nSPS) is 17.5. The number of benzene rings is 2. The summed E-state index contributed by atoms with van der Waals surface area (Å²) in [7, 11) is -4.03. The molecule has 1 fully saturated rings. The van der Waals surface area contributed by atoms with Gasteiger partial charge in [0.2, 0.25) is 10.0 Å². The van der Waals surface area contributed by atoms with Crippen LogP contribution in [0.4, 0.5) is 13.2 Å². The van der Waals surface area contributed by atoms with Crippen molar-refractivity contribution in [1.29, 1.82) is 0 Å². The number of aliphatic hydroxyl groups excluding tert-OH is 1. The van der Waals surface area contributed by atoms with Crippen molar-refractivity contribution in [3.8, 4) is 5.75 Å². The van der Waals surface area contributed by atoms with E-state index in [1.807, 2.05) is 30.0 Å². The predicted octanol–water partition coefficient (Wildman–Crippen LogP) is 2.76. The fourth-order valence-corrected chi connectivity index (χ4v) is 4.85. The molecule has 0 bridgehead atoms. The molecule has 10 heteroatoms. The number of hydrogen-bond acceptors (Lipinski definition) is 5. The third kappa shape index (κ3) is 6.19. The Labute approximate surface area is 179 Å². The first-order valence-corrected chi connectivity index (χ1v) is 11.3. The number of sulfonamides is 1. The summed E-state index contributed by atoms with van der Waals surface area (Å²) in [6, 6.07) is 11.2. The van der Waals surface area contributed by atoms with E-state index in [2.05, 4.69) is 0 Å². The number of alkyl halides is 3. The fraction of sp³-hybridized carbons (Fsp3) is 0.429. The first-order chi connectivity index (χ1) is 14.6. The molecule has 0 unspecified atom stereocenters. The van der Waals surface area contributed by atoms with Gasteiger partial charge in [-0.15, -0.1) is 0 Å². The molecule has 0 spiro atoms. The Kier molecular flexibility index (Phi) is 7.25. The van der Waals surface area contributed by atoms with Crippen LogP contribution in [0.5, 0.6) is 5.75 Å². The summed E-state index contributed by atoms with van der Waals surface area (Å²) in [6.07, 6.45) is -5.37. The van der Waals surface area contributed by atoms with Crippen LogP contribution in [-0.4, -0.2) is 68.2 Å². The van der Waals surface area contributed by atoms with Crippen molar-refractivity contribution in [3.63, 3.8) is 0 Å². The first-order valence-electron chi connectivity index (χ1n) is 9.83. The fourth-order valence-electron chi connectivity index (χ4n) is 3.38. The highest BCUT2D eigenvalue weighted by atomic mass is 32.2. The molecule has 1 heterocycles. The lowest BCUT2D eigenvalue weighted by molar-refractivity contribution is -0.137. The van der Waals surface area contributed by atoms with Gasteiger partial charge in [0, 0.05) is 32.7 Å². The quantitative estimate of drug-likeness (QED) is 0.691. The average Bonchev–Trinajstić information content (AvgIpc) is 2.72. The number of β-amino-alcohol motifs (C(OH)–C–C–N with tert-alkyl or cyclic N) is 1. The number of piperazine rings is 1. The van der Waals surface area contributed by atoms with Gasteiger partial charge in [-0.3, -0.25) is 4.90 Å². The Morgan fingerprint density at radius 2 is 1.74 bits per heavy atom. The monoisotopic (exact) mass is 458 g/mol. The van der Waals surface area contributed by atoms with E-state index >= 15 is 0 Å². The minimum absolute atomic E-state index is 0.103. The van der Waals surface area contributed by atoms with Crippen molar-refractivity contribution in [1.82, 2.24) is 9.21 Å². The summed E-state index contributed by atoms with van der Waals surface area (Å²) in [5, 5.41) is 10.2. The number of aliphatic hydroxyl groups is 1. The zero-order valence-electron chi connectivity index (χ0n) is 17.0. The molecule has 2 aromatic rings. The summed E-state index contributed by atoms with van der Waals surface area (Å²) in [5.41, 5.74) is 0.0500. The Morgan fingerprint density at radius 1 is 1.06 bits per heavy atom. The van der Waals surface area contributed by atoms with Gasteiger partial charge < -0.3 is 9.84 Å². The molecule has 0 saturated carbocycles. The minimum atomic E-state index is -4.61. The van der Waals surface area contributed by atoms with E-state index in [4.69, 9.17) is 4.74 Å². The Hall–Kier alpha value is -2.14. The summed E-state index contributed by atoms with van der Waals surface area (Å²) in [4.78, 5) is 1.53. The molecular formula is C21H25F3N2O4S. The molecule has 0 amide bonds. The number of nitrogens with zero attached hydrogens (tertiary/aromatic N) is 2. The number of hydrogen-bond donors (Lipinski definition) is 1. The Balaban J connectivity index is 1.53. The lowest BCUT2D eigenvalue weighted by Gasteiger charge is -2.34. The van der Waals surface area contributed by atoms with Gasteiger partial charge in [0.25, 0.3) is 0 Å². The highest BCUT2D eigenvalue weighted by Gasteiger charge is 2.34. The lowest BCUT2D eigenvalue weighted by atomic mass is 10.2. The van der Waals surface area contributed by atoms with Crippen LogP contribution < -0.4 is 4.74 Å². The van der Waals surface area contributed by atoms with Gasteiger partial charge in [-0.2, -0.15) is 17.5 Å². The van der Waals surface area contributed by atoms with E-state index in [0.29, 0.717) is 31.5 Å². The van der Waals surface area contributed by atoms with Gasteiger partial charge in [0.05, 0.1) is 10.5 Å². The summed E-state index contributed by atoms with van der Waals surface area (Å²) < 4.78 is 71.0. The zero-order valence-corrected chi connectivity index (χ0v) is 17.9. The number of halogens is 3. The molecule has 6 nitrogen and oxygen atoms in total. The van der Waals surface area contributed by atoms with Crippen LogP contribution in [0.2, 0.25) is 0 Å². The van der Waals surface area contributed by atoms with E-state index in [1.165, 1.54) is 10.4 Å². The molecule has 1 aliphatic rings. The third-order valence-electron chi connectivity index (χ3n) is 5.03. The second-order valence-corrected chi connectivity index (χ2v) is 9.45. The molecule has 1 N–H and O–H groups in total. The summed E-state index contributed by atoms with van der Waals surface area (Å²) in [5.74, 6) is 0.663. The van der Waals surface area contributed by atoms with Crippen LogP contribution in [0.3, 0.4) is 0 Å². The molecule has 0 aromatic heterocycles. The largest absolute Gasteiger partial charge is 0.491 e. The number of ether oxygens (including phenoxy) is 1. The number of aryl methyl sites for hydroxylation is 1. The van der Waals surface area contributed by atoms with Crippen LogP contribution >= 0.6 is 0 Å². The topological polar surface area (TPSA) is 70.1 Å². The first kappa shape index (κ1) is 23.5. The second kappa shape index (κ2) is 9.56. The molecule has 1 atom stereocenters. The van der Waals surface area contributed by atoms with Crippen molar-refractivity contribution >= 4 is 10.0 Å². The van der Waals surface area contributed by atoms with Crippen LogP contribution in [0.1, 0.15) is 11.1 Å². The summed E-state index contributed by atoms with van der Waals surface area (Å²) >= 11 is 0. The molecule has 0 radical (unpaired) electrons. The van der Waals surface area contributed by atoms with E-state index in [9.17, 15) is 26.7 Å². The molecule has 1 aliphatic heterocycles. The van der Waals surface area contributed by atoms with Gasteiger partial charge in [-0.05, 0) is 42.8 Å². The molecule has 2 aromatic carbocycles. The molecule has 170 valence electrons. The van der Waals surface area contributed by atoms with Gasteiger partial charge in [-0.1, -0.05) is 18.2 Å². The van der Waals surface area contributed by atoms with Crippen molar-refractivity contribution in [2.75, 3.05) is 39.3 Å². The third-order valence-corrected chi connectivity index (χ3v) is 6.93. The minimum Gasteiger partial charge on any atom is -0.491 e. The molecule has 0 aliphatic carbocycles. The molecular weight excluding hydrogens is 433 g/mol. The molecule has 31 heavy (non-hydrogen) atoms. The van der Waals surface area contributed by atoms with Gasteiger partial charge in [-0.25, -0.2) is 8.42 Å². The maximum absolute atomic E-state index is 12.9. The molecule has 1 saturated heterocycles. The lowest BCUT2D eigenvalue weighted by Crippen LogP contribution is -2.50. The zero-order chi connectivity index (χ0) is 22.6. The predicted molar refractivity (Wildman–Crippen MR) is 109 cm³/mol. The maximum atomic E-state index is 12.9. The van der Waals surface area contributed by atoms with Crippen LogP contribution in [0, 0.1) is 6.92 Å². The Morgan fingerprint density at radius 3 is 2.39 bits per heavy atom. The van der Waals surface area contributed by atoms with Crippen molar-refractivity contribution in [2.24, 2.45) is 0 Å². The van der Waals surface area contributed by atoms with Crippen molar-refractivity contribution < 1.29 is 31.4 Å². The van der Waals surface area contributed by atoms with Crippen LogP contribution in [0.15, 0.2) is 53.4 Å². The molecule has 3 rings (SSSR count). The van der Waals surface area contributed by atoms with Crippen molar-refractivity contribution in [3.05, 3.63) is 59.7 Å². The van der Waals surface area contributed by atoms with Crippen molar-refractivity contribution in [2.45, 2.75) is 24.1 Å². The highest BCUT2D eigenvalue weighted by Crippen LogP contribution is 2.31. The Bertz CT molecular complexity index is 990. The second-order valence-electron chi connectivity index (χ2n) is 7.51. The number of rotatable bonds is 7. The van der Waals surface area contributed by atoms with E-state index in [-0.39, 0.29) is 24.6 Å². The van der Waals surface area contributed by atoms with Gasteiger partial charge in [0.15, 0.2) is 0 Å². The van der Waals surface area contributed by atoms with Crippen LogP contribution in [-0.2, 0) is 16.2 Å². The smallest absolute Gasteiger partial charge is 0.416 e. The summed E-state index contributed by atoms with van der Waals surface area (Å²) in [6.45, 7) is 3.33. The average molecular weight is 459 g/mol. The van der Waals surface area contributed by atoms with E-state index in [1.54, 1.807) is 6.07 Å². The van der Waals surface area contributed by atoms with Gasteiger partial charge >= 0.3 is 6.18 Å².